The number of benzene rings is 1. The van der Waals surface area contributed by atoms with E-state index in [2.05, 4.69) is 10.1 Å². The molecule has 0 radical (unpaired) electrons. The second-order valence-corrected chi connectivity index (χ2v) is 6.77. The Kier molecular flexibility index (Phi) is 4.72. The van der Waals surface area contributed by atoms with Gasteiger partial charge in [-0.05, 0) is 12.1 Å². The average Bonchev–Trinajstić information content (AvgIpc) is 3.08. The van der Waals surface area contributed by atoms with Crippen LogP contribution in [0.3, 0.4) is 0 Å². The third-order valence-corrected chi connectivity index (χ3v) is 4.76. The molecule has 1 aromatic carbocycles. The van der Waals surface area contributed by atoms with Crippen LogP contribution in [-0.2, 0) is 18.4 Å². The lowest BCUT2D eigenvalue weighted by Gasteiger charge is -2.29. The molecule has 1 amide bonds. The van der Waals surface area contributed by atoms with Crippen LogP contribution in [0.4, 0.5) is 0 Å². The van der Waals surface area contributed by atoms with E-state index in [1.807, 2.05) is 24.3 Å². The van der Waals surface area contributed by atoms with Crippen LogP contribution in [0.15, 0.2) is 41.6 Å². The summed E-state index contributed by atoms with van der Waals surface area (Å²) in [4.78, 5) is 30.8. The smallest absolute Gasteiger partial charge is 0.264 e. The Morgan fingerprint density at radius 1 is 1.32 bits per heavy atom. The van der Waals surface area contributed by atoms with Crippen molar-refractivity contribution in [3.63, 3.8) is 0 Å². The standard InChI is InChI=1S/C19H21N5O4/c1-22(10-13-11-27-15-5-3-4-6-16(15)28-13)17(25)7-8-24-12-20-18-14(19(24)26)9-21-23(18)2/h3-6,9,12-13H,7-8,10-11H2,1-2H3/t13-/m1/s1. The van der Waals surface area contributed by atoms with Crippen molar-refractivity contribution in [1.82, 2.24) is 24.2 Å². The maximum atomic E-state index is 12.5. The predicted molar refractivity (Wildman–Crippen MR) is 101 cm³/mol. The lowest BCUT2D eigenvalue weighted by Crippen LogP contribution is -2.42. The number of carbonyl (C=O) groups is 1. The van der Waals surface area contributed by atoms with Crippen molar-refractivity contribution in [2.75, 3.05) is 20.2 Å². The van der Waals surface area contributed by atoms with Crippen LogP contribution >= 0.6 is 0 Å². The van der Waals surface area contributed by atoms with Gasteiger partial charge < -0.3 is 14.4 Å². The molecular weight excluding hydrogens is 362 g/mol. The number of ether oxygens (including phenoxy) is 2. The first kappa shape index (κ1) is 18.0. The third-order valence-electron chi connectivity index (χ3n) is 4.76. The summed E-state index contributed by atoms with van der Waals surface area (Å²) in [5.74, 6) is 1.31. The Morgan fingerprint density at radius 3 is 2.93 bits per heavy atom. The van der Waals surface area contributed by atoms with Gasteiger partial charge in [-0.15, -0.1) is 0 Å². The number of amides is 1. The molecule has 0 fully saturated rings. The monoisotopic (exact) mass is 383 g/mol. The fourth-order valence-electron chi connectivity index (χ4n) is 3.19. The highest BCUT2D eigenvalue weighted by atomic mass is 16.6. The van der Waals surface area contributed by atoms with E-state index in [9.17, 15) is 9.59 Å². The Hall–Kier alpha value is -3.36. The first-order valence-electron chi connectivity index (χ1n) is 9.02. The lowest BCUT2D eigenvalue weighted by atomic mass is 10.2. The van der Waals surface area contributed by atoms with Crippen molar-refractivity contribution in [3.05, 3.63) is 47.1 Å². The normalized spacial score (nSPS) is 15.6. The first-order valence-corrected chi connectivity index (χ1v) is 9.02. The quantitative estimate of drug-likeness (QED) is 0.648. The maximum Gasteiger partial charge on any atom is 0.264 e. The number of aryl methyl sites for hydroxylation is 2. The molecule has 4 rings (SSSR count). The SMILES string of the molecule is CN(C[C@@H]1COc2ccccc2O1)C(=O)CCn1cnc2c(cnn2C)c1=O. The number of rotatable bonds is 5. The zero-order chi connectivity index (χ0) is 19.7. The van der Waals surface area contributed by atoms with Gasteiger partial charge in [-0.3, -0.25) is 18.8 Å². The van der Waals surface area contributed by atoms with E-state index < -0.39 is 0 Å². The molecule has 9 nitrogen and oxygen atoms in total. The summed E-state index contributed by atoms with van der Waals surface area (Å²) in [7, 11) is 3.45. The summed E-state index contributed by atoms with van der Waals surface area (Å²) in [6.07, 6.45) is 2.90. The van der Waals surface area contributed by atoms with E-state index in [0.29, 0.717) is 35.7 Å². The molecule has 1 aliphatic heterocycles. The molecule has 0 saturated heterocycles. The van der Waals surface area contributed by atoms with Crippen LogP contribution in [0.5, 0.6) is 11.5 Å². The average molecular weight is 383 g/mol. The maximum absolute atomic E-state index is 12.5. The number of aromatic nitrogens is 4. The summed E-state index contributed by atoms with van der Waals surface area (Å²) in [5, 5.41) is 4.48. The van der Waals surface area contributed by atoms with Crippen LogP contribution in [-0.4, -0.2) is 56.4 Å². The van der Waals surface area contributed by atoms with Crippen molar-refractivity contribution in [3.8, 4) is 11.5 Å². The minimum Gasteiger partial charge on any atom is -0.486 e. The molecule has 1 aliphatic rings. The van der Waals surface area contributed by atoms with Gasteiger partial charge in [0.1, 0.15) is 12.0 Å². The number of carbonyl (C=O) groups excluding carboxylic acids is 1. The minimum absolute atomic E-state index is 0.0827. The Labute approximate surface area is 161 Å². The van der Waals surface area contributed by atoms with Gasteiger partial charge in [-0.1, -0.05) is 12.1 Å². The van der Waals surface area contributed by atoms with Crippen molar-refractivity contribution in [2.45, 2.75) is 19.1 Å². The molecule has 3 aromatic rings. The fraction of sp³-hybridized carbons (Fsp3) is 0.368. The highest BCUT2D eigenvalue weighted by Crippen LogP contribution is 2.30. The highest BCUT2D eigenvalue weighted by molar-refractivity contribution is 5.76. The molecular formula is C19H21N5O4. The Balaban J connectivity index is 1.35. The summed E-state index contributed by atoms with van der Waals surface area (Å²) in [6, 6.07) is 7.46. The zero-order valence-electron chi connectivity index (χ0n) is 15.7. The molecule has 0 aliphatic carbocycles. The summed E-state index contributed by atoms with van der Waals surface area (Å²) >= 11 is 0. The molecule has 9 heteroatoms. The topological polar surface area (TPSA) is 91.5 Å². The molecule has 146 valence electrons. The molecule has 28 heavy (non-hydrogen) atoms. The number of hydrogen-bond acceptors (Lipinski definition) is 6. The van der Waals surface area contributed by atoms with E-state index in [1.54, 1.807) is 23.7 Å². The van der Waals surface area contributed by atoms with E-state index in [4.69, 9.17) is 9.47 Å². The van der Waals surface area contributed by atoms with Crippen molar-refractivity contribution in [1.29, 1.82) is 0 Å². The van der Waals surface area contributed by atoms with Crippen LogP contribution in [0.1, 0.15) is 6.42 Å². The number of para-hydroxylation sites is 2. The van der Waals surface area contributed by atoms with E-state index in [-0.39, 0.29) is 30.5 Å². The number of likely N-dealkylation sites (N-methyl/N-ethyl adjacent to an activating group) is 1. The Bertz CT molecular complexity index is 1070. The van der Waals surface area contributed by atoms with Crippen LogP contribution < -0.4 is 15.0 Å². The van der Waals surface area contributed by atoms with Gasteiger partial charge in [0.05, 0.1) is 19.1 Å². The van der Waals surface area contributed by atoms with Gasteiger partial charge in [0.2, 0.25) is 5.91 Å². The lowest BCUT2D eigenvalue weighted by molar-refractivity contribution is -0.131. The molecule has 0 bridgehead atoms. The molecule has 3 heterocycles. The summed E-state index contributed by atoms with van der Waals surface area (Å²) < 4.78 is 14.6. The summed E-state index contributed by atoms with van der Waals surface area (Å²) in [5.41, 5.74) is 0.327. The largest absolute Gasteiger partial charge is 0.486 e. The number of fused-ring (bicyclic) bond motifs is 2. The fourth-order valence-corrected chi connectivity index (χ4v) is 3.19. The highest BCUT2D eigenvalue weighted by Gasteiger charge is 2.23. The molecule has 0 N–H and O–H groups in total. The molecule has 0 unspecified atom stereocenters. The molecule has 0 saturated carbocycles. The predicted octanol–water partition coefficient (Wildman–Crippen LogP) is 0.819. The van der Waals surface area contributed by atoms with Gasteiger partial charge in [-0.25, -0.2) is 4.98 Å². The van der Waals surface area contributed by atoms with E-state index in [0.717, 1.165) is 0 Å². The minimum atomic E-state index is -0.236. The van der Waals surface area contributed by atoms with Gasteiger partial charge in [0, 0.05) is 27.1 Å². The van der Waals surface area contributed by atoms with Gasteiger partial charge in [-0.2, -0.15) is 5.10 Å². The third kappa shape index (κ3) is 3.42. The van der Waals surface area contributed by atoms with Crippen molar-refractivity contribution in [2.24, 2.45) is 7.05 Å². The summed E-state index contributed by atoms with van der Waals surface area (Å²) in [6.45, 7) is 1.04. The Morgan fingerprint density at radius 2 is 2.11 bits per heavy atom. The van der Waals surface area contributed by atoms with Crippen LogP contribution in [0.2, 0.25) is 0 Å². The number of hydrogen-bond donors (Lipinski definition) is 0. The van der Waals surface area contributed by atoms with Gasteiger partial charge >= 0.3 is 0 Å². The van der Waals surface area contributed by atoms with Crippen LogP contribution in [0.25, 0.3) is 11.0 Å². The molecule has 1 atom stereocenters. The molecule has 2 aromatic heterocycles. The van der Waals surface area contributed by atoms with E-state index in [1.165, 1.54) is 17.1 Å². The van der Waals surface area contributed by atoms with E-state index >= 15 is 0 Å². The van der Waals surface area contributed by atoms with Crippen LogP contribution in [0, 0.1) is 0 Å². The molecule has 0 spiro atoms. The van der Waals surface area contributed by atoms with Gasteiger partial charge in [0.25, 0.3) is 5.56 Å². The second-order valence-electron chi connectivity index (χ2n) is 6.77. The van der Waals surface area contributed by atoms with Gasteiger partial charge in [0.15, 0.2) is 23.3 Å². The van der Waals surface area contributed by atoms with Crippen molar-refractivity contribution < 1.29 is 14.3 Å². The second kappa shape index (κ2) is 7.34. The van der Waals surface area contributed by atoms with Crippen molar-refractivity contribution >= 4 is 16.9 Å². The first-order chi connectivity index (χ1) is 13.5. The number of nitrogens with zero attached hydrogens (tertiary/aromatic N) is 5. The zero-order valence-corrected chi connectivity index (χ0v) is 15.7.